The van der Waals surface area contributed by atoms with Gasteiger partial charge in [-0.05, 0) is 54.2 Å². The predicted molar refractivity (Wildman–Crippen MR) is 118 cm³/mol. The molecule has 5 rings (SSSR count). The molecule has 5 nitrogen and oxygen atoms in total. The second kappa shape index (κ2) is 8.35. The summed E-state index contributed by atoms with van der Waals surface area (Å²) in [5.41, 5.74) is 1.59. The van der Waals surface area contributed by atoms with Gasteiger partial charge >= 0.3 is 0 Å². The first-order chi connectivity index (χ1) is 14.6. The quantitative estimate of drug-likeness (QED) is 0.669. The molecule has 0 spiro atoms. The van der Waals surface area contributed by atoms with Crippen LogP contribution in [0.2, 0.25) is 5.02 Å². The monoisotopic (exact) mass is 426 g/mol. The Morgan fingerprint density at radius 3 is 2.67 bits per heavy atom. The number of amides is 1. The van der Waals surface area contributed by atoms with Crippen LogP contribution >= 0.6 is 11.6 Å². The third-order valence-electron chi connectivity index (χ3n) is 7.34. The number of halogens is 1. The van der Waals surface area contributed by atoms with E-state index >= 15 is 0 Å². The van der Waals surface area contributed by atoms with Crippen molar-refractivity contribution in [3.63, 3.8) is 0 Å². The summed E-state index contributed by atoms with van der Waals surface area (Å²) in [6, 6.07) is 7.83. The van der Waals surface area contributed by atoms with Crippen molar-refractivity contribution < 1.29 is 4.79 Å². The molecule has 0 bridgehead atoms. The number of rotatable bonds is 7. The zero-order chi connectivity index (χ0) is 20.7. The van der Waals surface area contributed by atoms with Crippen LogP contribution in [0.1, 0.15) is 41.7 Å². The first-order valence-corrected chi connectivity index (χ1v) is 11.7. The number of aromatic nitrogens is 2. The normalized spacial score (nSPS) is 26.1. The molecule has 3 fully saturated rings. The van der Waals surface area contributed by atoms with Gasteiger partial charge < -0.3 is 14.4 Å². The van der Waals surface area contributed by atoms with Gasteiger partial charge in [0.05, 0.1) is 6.33 Å². The minimum atomic E-state index is 0.0170. The van der Waals surface area contributed by atoms with E-state index in [0.717, 1.165) is 29.9 Å². The molecule has 1 saturated heterocycles. The van der Waals surface area contributed by atoms with Crippen molar-refractivity contribution in [3.8, 4) is 0 Å². The molecule has 1 aromatic heterocycles. The van der Waals surface area contributed by atoms with Crippen molar-refractivity contribution >= 4 is 17.5 Å². The average Bonchev–Trinajstić information content (AvgIpc) is 3.23. The predicted octanol–water partition coefficient (Wildman–Crippen LogP) is 4.08. The van der Waals surface area contributed by atoms with Gasteiger partial charge in [-0.2, -0.15) is 0 Å². The molecule has 1 aromatic carbocycles. The van der Waals surface area contributed by atoms with Gasteiger partial charge in [0.2, 0.25) is 0 Å². The molecule has 3 aliphatic rings. The molecule has 1 aliphatic heterocycles. The fourth-order valence-electron chi connectivity index (χ4n) is 5.73. The van der Waals surface area contributed by atoms with Crippen LogP contribution in [0, 0.1) is 23.7 Å². The number of hydrogen-bond donors (Lipinski definition) is 0. The Kier molecular flexibility index (Phi) is 5.59. The van der Waals surface area contributed by atoms with Gasteiger partial charge in [0.15, 0.2) is 0 Å². The summed E-state index contributed by atoms with van der Waals surface area (Å²) in [6.07, 6.45) is 9.18. The van der Waals surface area contributed by atoms with Crippen LogP contribution in [0.3, 0.4) is 0 Å². The van der Waals surface area contributed by atoms with Crippen LogP contribution in [0.4, 0.5) is 0 Å². The number of aryl methyl sites for hydroxylation is 1. The molecule has 2 heterocycles. The maximum absolute atomic E-state index is 13.2. The lowest BCUT2D eigenvalue weighted by molar-refractivity contribution is 0.0718. The van der Waals surface area contributed by atoms with Crippen LogP contribution in [0.15, 0.2) is 36.8 Å². The van der Waals surface area contributed by atoms with E-state index in [9.17, 15) is 4.79 Å². The molecule has 2 atom stereocenters. The minimum Gasteiger partial charge on any atom is -0.340 e. The first-order valence-electron chi connectivity index (χ1n) is 11.3. The van der Waals surface area contributed by atoms with Crippen LogP contribution < -0.4 is 0 Å². The van der Waals surface area contributed by atoms with Crippen molar-refractivity contribution in [2.45, 2.75) is 32.2 Å². The maximum Gasteiger partial charge on any atom is 0.274 e. The number of fused-ring (bicyclic) bond motifs is 1. The fourth-order valence-corrected chi connectivity index (χ4v) is 5.94. The van der Waals surface area contributed by atoms with Crippen LogP contribution in [-0.4, -0.2) is 51.4 Å². The van der Waals surface area contributed by atoms with Crippen molar-refractivity contribution in [1.29, 1.82) is 0 Å². The van der Waals surface area contributed by atoms with E-state index in [4.69, 9.17) is 11.6 Å². The first kappa shape index (κ1) is 20.1. The van der Waals surface area contributed by atoms with Crippen molar-refractivity contribution in [3.05, 3.63) is 53.1 Å². The molecule has 2 unspecified atom stereocenters. The van der Waals surface area contributed by atoms with Crippen molar-refractivity contribution in [2.24, 2.45) is 30.7 Å². The van der Waals surface area contributed by atoms with E-state index in [1.807, 2.05) is 47.0 Å². The second-order valence-corrected chi connectivity index (χ2v) is 10.0. The second-order valence-electron chi connectivity index (χ2n) is 9.60. The van der Waals surface area contributed by atoms with Gasteiger partial charge in [0, 0.05) is 51.0 Å². The minimum absolute atomic E-state index is 0.0170. The molecule has 0 N–H and O–H groups in total. The number of nitrogens with zero attached hydrogens (tertiary/aromatic N) is 4. The zero-order valence-electron chi connectivity index (χ0n) is 17.7. The van der Waals surface area contributed by atoms with Gasteiger partial charge in [-0.15, -0.1) is 0 Å². The summed E-state index contributed by atoms with van der Waals surface area (Å²) >= 11 is 6.19. The number of carbonyl (C=O) groups is 1. The average molecular weight is 427 g/mol. The van der Waals surface area contributed by atoms with Crippen molar-refractivity contribution in [1.82, 2.24) is 19.4 Å². The standard InChI is InChI=1S/C24H31ClN4O/c1-27-15-23(26-16-27)24(30)29(11-18-7-4-8-19(25)9-18)14-22-20-12-28(13-21(20)22)10-17-5-2-3-6-17/h4,7-9,15-17,20-22H,2-3,5-6,10-14H2,1H3. The Bertz CT molecular complexity index is 894. The number of benzene rings is 1. The third-order valence-corrected chi connectivity index (χ3v) is 7.58. The lowest BCUT2D eigenvalue weighted by Crippen LogP contribution is -2.36. The topological polar surface area (TPSA) is 41.4 Å². The SMILES string of the molecule is Cn1cnc(C(=O)N(Cc2cccc(Cl)c2)CC2C3CN(CC4CCCC4)CC32)c1. The number of carbonyl (C=O) groups excluding carboxylic acids is 1. The Morgan fingerprint density at radius 1 is 1.23 bits per heavy atom. The van der Waals surface area contributed by atoms with Crippen LogP contribution in [0.5, 0.6) is 0 Å². The third kappa shape index (κ3) is 4.28. The largest absolute Gasteiger partial charge is 0.340 e. The number of hydrogen-bond acceptors (Lipinski definition) is 3. The summed E-state index contributed by atoms with van der Waals surface area (Å²) in [6.45, 7) is 5.12. The lowest BCUT2D eigenvalue weighted by Gasteiger charge is -2.26. The van der Waals surface area contributed by atoms with Gasteiger partial charge in [0.25, 0.3) is 5.91 Å². The number of likely N-dealkylation sites (tertiary alicyclic amines) is 1. The molecule has 2 aromatic rings. The molecule has 160 valence electrons. The number of imidazole rings is 1. The Hall–Kier alpha value is -1.85. The van der Waals surface area contributed by atoms with E-state index in [0.29, 0.717) is 23.2 Å². The van der Waals surface area contributed by atoms with E-state index in [2.05, 4.69) is 9.88 Å². The molecule has 0 radical (unpaired) electrons. The molecular weight excluding hydrogens is 396 g/mol. The smallest absolute Gasteiger partial charge is 0.274 e. The van der Waals surface area contributed by atoms with Gasteiger partial charge in [-0.25, -0.2) is 4.98 Å². The Balaban J connectivity index is 1.23. The van der Waals surface area contributed by atoms with Gasteiger partial charge in [-0.3, -0.25) is 4.79 Å². The summed E-state index contributed by atoms with van der Waals surface area (Å²) in [5.74, 6) is 3.07. The molecule has 2 saturated carbocycles. The molecule has 30 heavy (non-hydrogen) atoms. The summed E-state index contributed by atoms with van der Waals surface area (Å²) in [7, 11) is 1.90. The van der Waals surface area contributed by atoms with E-state index < -0.39 is 0 Å². The molecule has 1 amide bonds. The lowest BCUT2D eigenvalue weighted by atomic mass is 10.1. The van der Waals surface area contributed by atoms with E-state index in [1.54, 1.807) is 6.33 Å². The summed E-state index contributed by atoms with van der Waals surface area (Å²) in [4.78, 5) is 22.2. The molecular formula is C24H31ClN4O. The highest BCUT2D eigenvalue weighted by Crippen LogP contribution is 2.52. The highest BCUT2D eigenvalue weighted by atomic mass is 35.5. The Labute approximate surface area is 184 Å². The summed E-state index contributed by atoms with van der Waals surface area (Å²) < 4.78 is 1.83. The Morgan fingerprint density at radius 2 is 2.00 bits per heavy atom. The fraction of sp³-hybridized carbons (Fsp3) is 0.583. The highest BCUT2D eigenvalue weighted by Gasteiger charge is 2.56. The summed E-state index contributed by atoms with van der Waals surface area (Å²) in [5, 5.41) is 0.712. The van der Waals surface area contributed by atoms with E-state index in [1.165, 1.54) is 45.3 Å². The van der Waals surface area contributed by atoms with Crippen molar-refractivity contribution in [2.75, 3.05) is 26.2 Å². The van der Waals surface area contributed by atoms with Gasteiger partial charge in [0.1, 0.15) is 5.69 Å². The zero-order valence-corrected chi connectivity index (χ0v) is 18.5. The van der Waals surface area contributed by atoms with Gasteiger partial charge in [-0.1, -0.05) is 36.6 Å². The molecule has 6 heteroatoms. The molecule has 2 aliphatic carbocycles. The number of piperidine rings is 1. The highest BCUT2D eigenvalue weighted by molar-refractivity contribution is 6.30. The van der Waals surface area contributed by atoms with E-state index in [-0.39, 0.29) is 5.91 Å². The maximum atomic E-state index is 13.2. The van der Waals surface area contributed by atoms with Crippen LogP contribution in [-0.2, 0) is 13.6 Å². The van der Waals surface area contributed by atoms with Crippen LogP contribution in [0.25, 0.3) is 0 Å².